The van der Waals surface area contributed by atoms with Crippen molar-refractivity contribution < 1.29 is 14.2 Å². The lowest BCUT2D eigenvalue weighted by Gasteiger charge is -2.35. The summed E-state index contributed by atoms with van der Waals surface area (Å²) in [6.45, 7) is 1.34. The van der Waals surface area contributed by atoms with Crippen molar-refractivity contribution in [1.82, 2.24) is 10.3 Å². The van der Waals surface area contributed by atoms with Crippen molar-refractivity contribution in [2.24, 2.45) is 5.92 Å². The van der Waals surface area contributed by atoms with Crippen molar-refractivity contribution in [3.05, 3.63) is 24.4 Å². The summed E-state index contributed by atoms with van der Waals surface area (Å²) in [6.07, 6.45) is 4.23. The standard InChI is InChI=1S/C16H18N2O3/c1-17-8-10-4-12(5-10)21-16-13-7-15-14(19-9-20-15)6-11(13)2-3-18-16/h2-3,6-7,10,12,17H,4-5,8-9H2,1H3. The Morgan fingerprint density at radius 2 is 2.10 bits per heavy atom. The van der Waals surface area contributed by atoms with E-state index in [0.717, 1.165) is 47.6 Å². The van der Waals surface area contributed by atoms with E-state index < -0.39 is 0 Å². The van der Waals surface area contributed by atoms with E-state index >= 15 is 0 Å². The second-order valence-electron chi connectivity index (χ2n) is 5.68. The maximum atomic E-state index is 6.06. The highest BCUT2D eigenvalue weighted by atomic mass is 16.7. The summed E-state index contributed by atoms with van der Waals surface area (Å²) >= 11 is 0. The SMILES string of the molecule is CNCC1CC(Oc2nccc3cc4c(cc23)OCO4)C1. The molecule has 1 aliphatic heterocycles. The lowest BCUT2D eigenvalue weighted by atomic mass is 9.82. The van der Waals surface area contributed by atoms with Gasteiger partial charge in [0.1, 0.15) is 6.10 Å². The maximum Gasteiger partial charge on any atom is 0.231 e. The van der Waals surface area contributed by atoms with Crippen LogP contribution in [0.2, 0.25) is 0 Å². The number of nitrogens with one attached hydrogen (secondary N) is 1. The van der Waals surface area contributed by atoms with Crippen LogP contribution < -0.4 is 19.5 Å². The van der Waals surface area contributed by atoms with Crippen LogP contribution in [0.15, 0.2) is 24.4 Å². The van der Waals surface area contributed by atoms with Gasteiger partial charge in [-0.1, -0.05) is 0 Å². The number of pyridine rings is 1. The Morgan fingerprint density at radius 3 is 2.90 bits per heavy atom. The van der Waals surface area contributed by atoms with E-state index in [1.807, 2.05) is 25.2 Å². The third-order valence-electron chi connectivity index (χ3n) is 4.18. The third kappa shape index (κ3) is 2.27. The van der Waals surface area contributed by atoms with Crippen molar-refractivity contribution in [3.8, 4) is 17.4 Å². The lowest BCUT2D eigenvalue weighted by molar-refractivity contribution is 0.0632. The van der Waals surface area contributed by atoms with E-state index in [0.29, 0.717) is 5.88 Å². The molecule has 0 spiro atoms. The van der Waals surface area contributed by atoms with Crippen LogP contribution in [0.4, 0.5) is 0 Å². The molecular weight excluding hydrogens is 268 g/mol. The van der Waals surface area contributed by atoms with Crippen LogP contribution in [0.1, 0.15) is 12.8 Å². The predicted molar refractivity (Wildman–Crippen MR) is 78.9 cm³/mol. The number of nitrogens with zero attached hydrogens (tertiary/aromatic N) is 1. The number of hydrogen-bond donors (Lipinski definition) is 1. The molecule has 0 amide bonds. The Bertz CT molecular complexity index is 668. The molecular formula is C16H18N2O3. The molecule has 1 aliphatic carbocycles. The van der Waals surface area contributed by atoms with E-state index in [1.165, 1.54) is 0 Å². The molecule has 1 N–H and O–H groups in total. The molecule has 0 atom stereocenters. The van der Waals surface area contributed by atoms with Gasteiger partial charge in [-0.15, -0.1) is 0 Å². The van der Waals surface area contributed by atoms with Gasteiger partial charge in [0, 0.05) is 11.6 Å². The van der Waals surface area contributed by atoms with Crippen LogP contribution in [-0.2, 0) is 0 Å². The molecule has 0 bridgehead atoms. The fourth-order valence-corrected chi connectivity index (χ4v) is 3.01. The Morgan fingerprint density at radius 1 is 1.29 bits per heavy atom. The fourth-order valence-electron chi connectivity index (χ4n) is 3.01. The van der Waals surface area contributed by atoms with Crippen LogP contribution in [0.25, 0.3) is 10.8 Å². The first-order valence-corrected chi connectivity index (χ1v) is 7.33. The Labute approximate surface area is 123 Å². The molecule has 21 heavy (non-hydrogen) atoms. The van der Waals surface area contributed by atoms with Gasteiger partial charge < -0.3 is 19.5 Å². The zero-order chi connectivity index (χ0) is 14.2. The number of ether oxygens (including phenoxy) is 3. The molecule has 2 aromatic rings. The Hall–Kier alpha value is -2.01. The van der Waals surface area contributed by atoms with Crippen LogP contribution in [0.3, 0.4) is 0 Å². The largest absolute Gasteiger partial charge is 0.474 e. The number of benzene rings is 1. The predicted octanol–water partition coefficient (Wildman–Crippen LogP) is 2.34. The molecule has 5 heteroatoms. The van der Waals surface area contributed by atoms with Crippen molar-refractivity contribution >= 4 is 10.8 Å². The molecule has 1 fully saturated rings. The van der Waals surface area contributed by atoms with Crippen molar-refractivity contribution in [3.63, 3.8) is 0 Å². The number of rotatable bonds is 4. The van der Waals surface area contributed by atoms with E-state index in [-0.39, 0.29) is 12.9 Å². The highest BCUT2D eigenvalue weighted by molar-refractivity contribution is 5.90. The maximum absolute atomic E-state index is 6.06. The third-order valence-corrected chi connectivity index (χ3v) is 4.18. The van der Waals surface area contributed by atoms with Gasteiger partial charge in [-0.3, -0.25) is 0 Å². The zero-order valence-corrected chi connectivity index (χ0v) is 12.0. The lowest BCUT2D eigenvalue weighted by Crippen LogP contribution is -2.38. The molecule has 1 saturated carbocycles. The fraction of sp³-hybridized carbons (Fsp3) is 0.438. The Kier molecular flexibility index (Phi) is 3.07. The second-order valence-corrected chi connectivity index (χ2v) is 5.68. The summed E-state index contributed by atoms with van der Waals surface area (Å²) in [7, 11) is 1.99. The normalized spacial score (nSPS) is 23.1. The van der Waals surface area contributed by atoms with Gasteiger partial charge in [-0.2, -0.15) is 0 Å². The minimum Gasteiger partial charge on any atom is -0.474 e. The smallest absolute Gasteiger partial charge is 0.231 e. The second kappa shape index (κ2) is 5.07. The van der Waals surface area contributed by atoms with Crippen LogP contribution >= 0.6 is 0 Å². The molecule has 4 rings (SSSR count). The van der Waals surface area contributed by atoms with E-state index in [4.69, 9.17) is 14.2 Å². The molecule has 0 saturated heterocycles. The minimum atomic E-state index is 0.270. The highest BCUT2D eigenvalue weighted by Gasteiger charge is 2.31. The first-order valence-electron chi connectivity index (χ1n) is 7.33. The number of aromatic nitrogens is 1. The average Bonchev–Trinajstić information content (AvgIpc) is 2.90. The van der Waals surface area contributed by atoms with Crippen LogP contribution in [0, 0.1) is 5.92 Å². The van der Waals surface area contributed by atoms with Crippen molar-refractivity contribution in [1.29, 1.82) is 0 Å². The monoisotopic (exact) mass is 286 g/mol. The summed E-state index contributed by atoms with van der Waals surface area (Å²) in [5.74, 6) is 2.97. The van der Waals surface area contributed by atoms with Gasteiger partial charge in [0.2, 0.25) is 12.7 Å². The summed E-state index contributed by atoms with van der Waals surface area (Å²) < 4.78 is 16.9. The molecule has 1 aromatic heterocycles. The number of fused-ring (bicyclic) bond motifs is 2. The van der Waals surface area contributed by atoms with E-state index in [9.17, 15) is 0 Å². The van der Waals surface area contributed by atoms with Gasteiger partial charge >= 0.3 is 0 Å². The molecule has 110 valence electrons. The molecule has 2 aliphatic rings. The van der Waals surface area contributed by atoms with Gasteiger partial charge in [-0.25, -0.2) is 4.98 Å². The molecule has 0 radical (unpaired) electrons. The molecule has 1 aromatic carbocycles. The topological polar surface area (TPSA) is 52.6 Å². The zero-order valence-electron chi connectivity index (χ0n) is 12.0. The first kappa shape index (κ1) is 12.7. The van der Waals surface area contributed by atoms with Gasteiger partial charge in [0.15, 0.2) is 11.5 Å². The first-order chi connectivity index (χ1) is 10.3. The molecule has 2 heterocycles. The Balaban J connectivity index is 1.58. The van der Waals surface area contributed by atoms with Crippen molar-refractivity contribution in [2.75, 3.05) is 20.4 Å². The van der Waals surface area contributed by atoms with Crippen LogP contribution in [0.5, 0.6) is 17.4 Å². The number of hydrogen-bond acceptors (Lipinski definition) is 5. The highest BCUT2D eigenvalue weighted by Crippen LogP contribution is 2.39. The quantitative estimate of drug-likeness (QED) is 0.935. The summed E-state index contributed by atoms with van der Waals surface area (Å²) in [4.78, 5) is 4.39. The van der Waals surface area contributed by atoms with Gasteiger partial charge in [0.25, 0.3) is 0 Å². The van der Waals surface area contributed by atoms with Crippen molar-refractivity contribution in [2.45, 2.75) is 18.9 Å². The average molecular weight is 286 g/mol. The van der Waals surface area contributed by atoms with Gasteiger partial charge in [0.05, 0.1) is 0 Å². The van der Waals surface area contributed by atoms with Crippen LogP contribution in [-0.4, -0.2) is 31.5 Å². The summed E-state index contributed by atoms with van der Waals surface area (Å²) in [6, 6.07) is 5.91. The van der Waals surface area contributed by atoms with E-state index in [2.05, 4.69) is 10.3 Å². The van der Waals surface area contributed by atoms with E-state index in [1.54, 1.807) is 6.20 Å². The molecule has 0 unspecified atom stereocenters. The summed E-state index contributed by atoms with van der Waals surface area (Å²) in [5, 5.41) is 5.26. The minimum absolute atomic E-state index is 0.270. The molecule has 5 nitrogen and oxygen atoms in total. The summed E-state index contributed by atoms with van der Waals surface area (Å²) in [5.41, 5.74) is 0. The van der Waals surface area contributed by atoms with Gasteiger partial charge in [-0.05, 0) is 55.9 Å².